The van der Waals surface area contributed by atoms with E-state index in [9.17, 15) is 18.0 Å². The van der Waals surface area contributed by atoms with Crippen LogP contribution in [-0.4, -0.2) is 55.1 Å². The number of hydrogen-bond donors (Lipinski definition) is 1. The van der Waals surface area contributed by atoms with Crippen molar-refractivity contribution in [2.75, 3.05) is 25.0 Å². The minimum atomic E-state index is -3.79. The second-order valence-electron chi connectivity index (χ2n) is 9.16. The van der Waals surface area contributed by atoms with Crippen LogP contribution < -0.4 is 5.32 Å². The standard InChI is InChI=1S/C26H33N3O4S/c30-25(27-22-15-13-21(14-16-22)19-26(31)28-17-7-8-18-28)20-29(23-9-3-1-4-10-23)34(32,33)24-11-5-2-6-12-24/h2,5-6,11-16,23H,1,3-4,7-10,17-20H2,(H,27,30). The van der Waals surface area contributed by atoms with Crippen molar-refractivity contribution in [3.63, 3.8) is 0 Å². The Balaban J connectivity index is 1.41. The highest BCUT2D eigenvalue weighted by Gasteiger charge is 2.33. The Morgan fingerprint density at radius 2 is 1.53 bits per heavy atom. The molecular formula is C26H33N3O4S. The molecule has 4 rings (SSSR count). The summed E-state index contributed by atoms with van der Waals surface area (Å²) >= 11 is 0. The molecule has 34 heavy (non-hydrogen) atoms. The molecule has 8 heteroatoms. The number of nitrogens with zero attached hydrogens (tertiary/aromatic N) is 2. The predicted molar refractivity (Wildman–Crippen MR) is 132 cm³/mol. The monoisotopic (exact) mass is 483 g/mol. The molecule has 1 heterocycles. The summed E-state index contributed by atoms with van der Waals surface area (Å²) in [7, 11) is -3.79. The Kier molecular flexibility index (Phi) is 8.00. The molecule has 2 fully saturated rings. The zero-order valence-electron chi connectivity index (χ0n) is 19.5. The first-order chi connectivity index (χ1) is 16.4. The van der Waals surface area contributed by atoms with Crippen LogP contribution in [0.2, 0.25) is 0 Å². The van der Waals surface area contributed by atoms with Crippen molar-refractivity contribution < 1.29 is 18.0 Å². The first kappa shape index (κ1) is 24.4. The summed E-state index contributed by atoms with van der Waals surface area (Å²) in [5.41, 5.74) is 1.48. The number of rotatable bonds is 8. The molecule has 2 aromatic carbocycles. The summed E-state index contributed by atoms with van der Waals surface area (Å²) in [6.45, 7) is 1.43. The normalized spacial score (nSPS) is 17.1. The van der Waals surface area contributed by atoms with Gasteiger partial charge in [-0.15, -0.1) is 0 Å². The van der Waals surface area contributed by atoms with Crippen LogP contribution in [0.4, 0.5) is 5.69 Å². The maximum absolute atomic E-state index is 13.4. The minimum Gasteiger partial charge on any atom is -0.342 e. The van der Waals surface area contributed by atoms with Gasteiger partial charge in [0.05, 0.1) is 17.9 Å². The largest absolute Gasteiger partial charge is 0.342 e. The van der Waals surface area contributed by atoms with Gasteiger partial charge in [-0.1, -0.05) is 49.6 Å². The van der Waals surface area contributed by atoms with Crippen molar-refractivity contribution in [2.24, 2.45) is 0 Å². The van der Waals surface area contributed by atoms with Crippen LogP contribution >= 0.6 is 0 Å². The molecule has 0 spiro atoms. The van der Waals surface area contributed by atoms with E-state index in [0.29, 0.717) is 12.1 Å². The van der Waals surface area contributed by atoms with E-state index >= 15 is 0 Å². The second-order valence-corrected chi connectivity index (χ2v) is 11.1. The number of nitrogens with one attached hydrogen (secondary N) is 1. The Bertz CT molecular complexity index is 1070. The van der Waals surface area contributed by atoms with E-state index in [1.165, 1.54) is 4.31 Å². The van der Waals surface area contributed by atoms with Gasteiger partial charge in [0, 0.05) is 24.8 Å². The van der Waals surface area contributed by atoms with Gasteiger partial charge < -0.3 is 10.2 Å². The summed E-state index contributed by atoms with van der Waals surface area (Å²) < 4.78 is 28.1. The molecule has 2 aromatic rings. The number of sulfonamides is 1. The molecule has 1 N–H and O–H groups in total. The fraction of sp³-hybridized carbons (Fsp3) is 0.462. The number of likely N-dealkylation sites (tertiary alicyclic amines) is 1. The van der Waals surface area contributed by atoms with Gasteiger partial charge in [0.1, 0.15) is 0 Å². The first-order valence-corrected chi connectivity index (χ1v) is 13.6. The van der Waals surface area contributed by atoms with Gasteiger partial charge in [-0.3, -0.25) is 9.59 Å². The molecule has 0 radical (unpaired) electrons. The molecule has 1 saturated carbocycles. The zero-order valence-corrected chi connectivity index (χ0v) is 20.3. The maximum Gasteiger partial charge on any atom is 0.243 e. The molecule has 0 atom stereocenters. The van der Waals surface area contributed by atoms with Crippen LogP contribution in [0.1, 0.15) is 50.5 Å². The topological polar surface area (TPSA) is 86.8 Å². The molecule has 2 amide bonds. The van der Waals surface area contributed by atoms with E-state index in [-0.39, 0.29) is 29.3 Å². The number of hydrogen-bond acceptors (Lipinski definition) is 4. The lowest BCUT2D eigenvalue weighted by Gasteiger charge is -2.33. The van der Waals surface area contributed by atoms with Crippen molar-refractivity contribution in [2.45, 2.75) is 62.3 Å². The Hall–Kier alpha value is -2.71. The fourth-order valence-corrected chi connectivity index (χ4v) is 6.47. The van der Waals surface area contributed by atoms with Crippen molar-refractivity contribution >= 4 is 27.5 Å². The number of carbonyl (C=O) groups is 2. The first-order valence-electron chi connectivity index (χ1n) is 12.2. The summed E-state index contributed by atoms with van der Waals surface area (Å²) in [5, 5.41) is 2.83. The highest BCUT2D eigenvalue weighted by molar-refractivity contribution is 7.89. The Morgan fingerprint density at radius 3 is 2.18 bits per heavy atom. The van der Waals surface area contributed by atoms with E-state index in [1.54, 1.807) is 42.5 Å². The van der Waals surface area contributed by atoms with Gasteiger partial charge in [0.15, 0.2) is 0 Å². The van der Waals surface area contributed by atoms with Gasteiger partial charge in [-0.2, -0.15) is 4.31 Å². The van der Waals surface area contributed by atoms with Crippen molar-refractivity contribution in [3.05, 3.63) is 60.2 Å². The maximum atomic E-state index is 13.4. The lowest BCUT2D eigenvalue weighted by Crippen LogP contribution is -2.45. The molecule has 1 saturated heterocycles. The van der Waals surface area contributed by atoms with Gasteiger partial charge in [-0.25, -0.2) is 8.42 Å². The summed E-state index contributed by atoms with van der Waals surface area (Å²) in [6.07, 6.45) is 7.02. The summed E-state index contributed by atoms with van der Waals surface area (Å²) in [4.78, 5) is 27.4. The van der Waals surface area contributed by atoms with Crippen LogP contribution in [0.5, 0.6) is 0 Å². The summed E-state index contributed by atoms with van der Waals surface area (Å²) in [6, 6.07) is 15.3. The lowest BCUT2D eigenvalue weighted by atomic mass is 9.95. The van der Waals surface area contributed by atoms with E-state index < -0.39 is 10.0 Å². The molecular weight excluding hydrogens is 450 g/mol. The Labute approximate surface area is 202 Å². The van der Waals surface area contributed by atoms with Gasteiger partial charge in [0.25, 0.3) is 0 Å². The highest BCUT2D eigenvalue weighted by atomic mass is 32.2. The zero-order chi connectivity index (χ0) is 24.0. The number of amides is 2. The minimum absolute atomic E-state index is 0.128. The average molecular weight is 484 g/mol. The molecule has 1 aliphatic carbocycles. The SMILES string of the molecule is O=C(CN(C1CCCCC1)S(=O)(=O)c1ccccc1)Nc1ccc(CC(=O)N2CCCC2)cc1. The van der Waals surface area contributed by atoms with E-state index in [2.05, 4.69) is 5.32 Å². The quantitative estimate of drug-likeness (QED) is 0.619. The van der Waals surface area contributed by atoms with Crippen LogP contribution in [0.25, 0.3) is 0 Å². The van der Waals surface area contributed by atoms with Crippen molar-refractivity contribution in [3.8, 4) is 0 Å². The molecule has 0 bridgehead atoms. The third-order valence-corrected chi connectivity index (χ3v) is 8.60. The molecule has 2 aliphatic rings. The smallest absolute Gasteiger partial charge is 0.243 e. The third kappa shape index (κ3) is 6.04. The molecule has 0 aromatic heterocycles. The number of benzene rings is 2. The second kappa shape index (κ2) is 11.1. The van der Waals surface area contributed by atoms with Crippen LogP contribution in [0.3, 0.4) is 0 Å². The van der Waals surface area contributed by atoms with Crippen LogP contribution in [0, 0.1) is 0 Å². The average Bonchev–Trinajstić information content (AvgIpc) is 3.40. The highest BCUT2D eigenvalue weighted by Crippen LogP contribution is 2.28. The third-order valence-electron chi connectivity index (χ3n) is 6.68. The fourth-order valence-electron chi connectivity index (χ4n) is 4.81. The van der Waals surface area contributed by atoms with E-state index in [0.717, 1.165) is 63.6 Å². The molecule has 1 aliphatic heterocycles. The lowest BCUT2D eigenvalue weighted by molar-refractivity contribution is -0.129. The van der Waals surface area contributed by atoms with Crippen molar-refractivity contribution in [1.82, 2.24) is 9.21 Å². The predicted octanol–water partition coefficient (Wildman–Crippen LogP) is 3.81. The van der Waals surface area contributed by atoms with Gasteiger partial charge >= 0.3 is 0 Å². The van der Waals surface area contributed by atoms with E-state index in [1.807, 2.05) is 17.0 Å². The van der Waals surface area contributed by atoms with Gasteiger partial charge in [-0.05, 0) is 55.5 Å². The van der Waals surface area contributed by atoms with Crippen LogP contribution in [0.15, 0.2) is 59.5 Å². The number of anilines is 1. The van der Waals surface area contributed by atoms with Crippen LogP contribution in [-0.2, 0) is 26.0 Å². The molecule has 0 unspecified atom stereocenters. The van der Waals surface area contributed by atoms with E-state index in [4.69, 9.17) is 0 Å². The Morgan fingerprint density at radius 1 is 0.882 bits per heavy atom. The molecule has 7 nitrogen and oxygen atoms in total. The van der Waals surface area contributed by atoms with Crippen molar-refractivity contribution in [1.29, 1.82) is 0 Å². The molecule has 182 valence electrons. The van der Waals surface area contributed by atoms with Gasteiger partial charge in [0.2, 0.25) is 21.8 Å². The number of carbonyl (C=O) groups excluding carboxylic acids is 2. The summed E-state index contributed by atoms with van der Waals surface area (Å²) in [5.74, 6) is -0.241.